The molecule has 5 nitrogen and oxygen atoms in total. The van der Waals surface area contributed by atoms with Crippen molar-refractivity contribution < 1.29 is 14.3 Å². The monoisotopic (exact) mass is 450 g/mol. The molecule has 32 heavy (non-hydrogen) atoms. The second-order valence-electron chi connectivity index (χ2n) is 9.21. The van der Waals surface area contributed by atoms with Crippen molar-refractivity contribution in [2.45, 2.75) is 63.5 Å². The summed E-state index contributed by atoms with van der Waals surface area (Å²) < 4.78 is 5.83. The first-order chi connectivity index (χ1) is 15.4. The predicted octanol–water partition coefficient (Wildman–Crippen LogP) is 5.14. The molecule has 2 aromatic rings. The Labute approximate surface area is 193 Å². The van der Waals surface area contributed by atoms with Crippen molar-refractivity contribution in [1.82, 2.24) is 5.32 Å². The summed E-state index contributed by atoms with van der Waals surface area (Å²) in [4.78, 5) is 25.1. The Morgan fingerprint density at radius 2 is 1.78 bits per heavy atom. The molecule has 3 N–H and O–H groups in total. The second-order valence-corrected chi connectivity index (χ2v) is 9.61. The summed E-state index contributed by atoms with van der Waals surface area (Å²) in [5, 5.41) is 3.52. The van der Waals surface area contributed by atoms with Gasteiger partial charge in [-0.1, -0.05) is 30.2 Å². The number of esters is 1. The van der Waals surface area contributed by atoms with Crippen LogP contribution < -0.4 is 11.1 Å². The van der Waals surface area contributed by atoms with E-state index in [2.05, 4.69) is 5.32 Å². The van der Waals surface area contributed by atoms with Gasteiger partial charge in [0.25, 0.3) is 5.91 Å². The van der Waals surface area contributed by atoms with E-state index >= 15 is 0 Å². The van der Waals surface area contributed by atoms with Gasteiger partial charge in [0.1, 0.15) is 0 Å². The van der Waals surface area contributed by atoms with Crippen LogP contribution in [-0.2, 0) is 9.53 Å². The van der Waals surface area contributed by atoms with Crippen LogP contribution in [0.3, 0.4) is 0 Å². The number of carbonyl (C=O) groups excluding carboxylic acids is 2. The zero-order chi connectivity index (χ0) is 22.5. The number of ether oxygens (including phenoxy) is 1. The highest BCUT2D eigenvalue weighted by atomic mass is 35.5. The number of hydrogen-bond acceptors (Lipinski definition) is 4. The zero-order valence-corrected chi connectivity index (χ0v) is 18.9. The first kappa shape index (κ1) is 21.1. The lowest BCUT2D eigenvalue weighted by atomic mass is 9.81. The van der Waals surface area contributed by atoms with Crippen LogP contribution in [0.25, 0.3) is 16.7 Å². The van der Waals surface area contributed by atoms with E-state index in [1.54, 1.807) is 0 Å². The summed E-state index contributed by atoms with van der Waals surface area (Å²) in [5.74, 6) is -0.405. The van der Waals surface area contributed by atoms with Crippen molar-refractivity contribution in [2.24, 2.45) is 5.73 Å². The number of hydrogen-bond donors (Lipinski definition) is 2. The first-order valence-corrected chi connectivity index (χ1v) is 11.7. The number of amides is 1. The average molecular weight is 451 g/mol. The molecule has 0 aromatic heterocycles. The van der Waals surface area contributed by atoms with Gasteiger partial charge in [0.05, 0.1) is 11.3 Å². The predicted molar refractivity (Wildman–Crippen MR) is 125 cm³/mol. The fraction of sp³-hybridized carbons (Fsp3) is 0.385. The molecule has 1 spiro atoms. The molecule has 6 heteroatoms. The van der Waals surface area contributed by atoms with E-state index in [1.807, 2.05) is 43.3 Å². The van der Waals surface area contributed by atoms with Gasteiger partial charge in [0.2, 0.25) is 0 Å². The Hall–Kier alpha value is -2.79. The number of benzene rings is 2. The van der Waals surface area contributed by atoms with Gasteiger partial charge < -0.3 is 15.8 Å². The Bertz CT molecular complexity index is 1130. The highest BCUT2D eigenvalue weighted by Gasteiger charge is 2.47. The van der Waals surface area contributed by atoms with Gasteiger partial charge in [-0.25, -0.2) is 4.79 Å². The topological polar surface area (TPSA) is 81.4 Å². The number of carbonyl (C=O) groups is 2. The normalized spacial score (nSPS) is 19.9. The highest BCUT2D eigenvalue weighted by molar-refractivity contribution is 6.34. The lowest BCUT2D eigenvalue weighted by molar-refractivity contribution is -0.147. The molecule has 2 fully saturated rings. The smallest absolute Gasteiger partial charge is 0.341 e. The third-order valence-electron chi connectivity index (χ3n) is 6.87. The number of halogens is 1. The highest BCUT2D eigenvalue weighted by Crippen LogP contribution is 2.45. The third-order valence-corrected chi connectivity index (χ3v) is 7.18. The molecule has 1 heterocycles. The minimum Gasteiger partial charge on any atom is -0.449 e. The van der Waals surface area contributed by atoms with Gasteiger partial charge in [-0.15, -0.1) is 0 Å². The average Bonchev–Trinajstić information content (AvgIpc) is 3.57. The van der Waals surface area contributed by atoms with Crippen LogP contribution in [-0.4, -0.2) is 23.5 Å². The van der Waals surface area contributed by atoms with E-state index in [1.165, 1.54) is 0 Å². The van der Waals surface area contributed by atoms with E-state index in [4.69, 9.17) is 22.1 Å². The molecular weight excluding hydrogens is 424 g/mol. The third kappa shape index (κ3) is 3.69. The van der Waals surface area contributed by atoms with Crippen molar-refractivity contribution in [2.75, 3.05) is 0 Å². The van der Waals surface area contributed by atoms with E-state index in [9.17, 15) is 9.59 Å². The van der Waals surface area contributed by atoms with Crippen molar-refractivity contribution in [3.8, 4) is 11.1 Å². The Balaban J connectivity index is 1.46. The zero-order valence-electron chi connectivity index (χ0n) is 18.2. The minimum absolute atomic E-state index is 0.0459. The Morgan fingerprint density at radius 1 is 1.09 bits per heavy atom. The molecule has 2 aliphatic carbocycles. The van der Waals surface area contributed by atoms with Crippen LogP contribution in [0.2, 0.25) is 5.02 Å². The molecule has 0 saturated heterocycles. The number of rotatable bonds is 4. The molecule has 0 bridgehead atoms. The van der Waals surface area contributed by atoms with Crippen molar-refractivity contribution >= 4 is 29.1 Å². The standard InChI is InChI=1S/C26H27ClN2O3/c1-15-13-20(16-5-7-17(8-6-16)24(30)29-18-9-10-18)21(27)14-19(15)22-23(28)26(32-25(22)31)11-3-2-4-12-26/h5-8,13-14,18H,2-4,9-12,28H2,1H3,(H,29,30). The summed E-state index contributed by atoms with van der Waals surface area (Å²) in [6.45, 7) is 1.95. The minimum atomic E-state index is -0.654. The van der Waals surface area contributed by atoms with Gasteiger partial charge in [0.15, 0.2) is 5.60 Å². The summed E-state index contributed by atoms with van der Waals surface area (Å²) in [7, 11) is 0. The molecular formula is C26H27ClN2O3. The molecule has 5 rings (SSSR count). The van der Waals surface area contributed by atoms with Gasteiger partial charge in [-0.05, 0) is 86.4 Å². The van der Waals surface area contributed by atoms with Gasteiger partial charge >= 0.3 is 5.97 Å². The molecule has 1 aliphatic heterocycles. The van der Waals surface area contributed by atoms with E-state index in [0.717, 1.165) is 67.2 Å². The van der Waals surface area contributed by atoms with Gasteiger partial charge in [-0.2, -0.15) is 0 Å². The SMILES string of the molecule is Cc1cc(-c2ccc(C(=O)NC3CC3)cc2)c(Cl)cc1C1=C(N)C2(CCCCC2)OC1=O. The maximum atomic E-state index is 12.8. The maximum Gasteiger partial charge on any atom is 0.341 e. The second kappa shape index (κ2) is 7.96. The summed E-state index contributed by atoms with van der Waals surface area (Å²) in [6.07, 6.45) is 6.83. The van der Waals surface area contributed by atoms with E-state index in [0.29, 0.717) is 27.9 Å². The van der Waals surface area contributed by atoms with Crippen LogP contribution >= 0.6 is 11.6 Å². The number of nitrogens with two attached hydrogens (primary N) is 1. The fourth-order valence-corrected chi connectivity index (χ4v) is 5.11. The van der Waals surface area contributed by atoms with E-state index < -0.39 is 5.60 Å². The molecule has 0 radical (unpaired) electrons. The number of aryl methyl sites for hydroxylation is 1. The fourth-order valence-electron chi connectivity index (χ4n) is 4.84. The first-order valence-electron chi connectivity index (χ1n) is 11.3. The van der Waals surface area contributed by atoms with Crippen LogP contribution in [0.1, 0.15) is 66.4 Å². The lowest BCUT2D eigenvalue weighted by Crippen LogP contribution is -2.37. The largest absolute Gasteiger partial charge is 0.449 e. The molecule has 2 aromatic carbocycles. The number of nitrogens with one attached hydrogen (secondary N) is 1. The summed E-state index contributed by atoms with van der Waals surface area (Å²) >= 11 is 6.67. The summed E-state index contributed by atoms with van der Waals surface area (Å²) in [5.41, 5.74) is 10.9. The van der Waals surface area contributed by atoms with Crippen molar-refractivity contribution in [3.63, 3.8) is 0 Å². The van der Waals surface area contributed by atoms with Gasteiger partial charge in [-0.3, -0.25) is 4.79 Å². The van der Waals surface area contributed by atoms with Crippen LogP contribution in [0.4, 0.5) is 0 Å². The van der Waals surface area contributed by atoms with Gasteiger partial charge in [0, 0.05) is 22.2 Å². The molecule has 0 atom stereocenters. The van der Waals surface area contributed by atoms with E-state index in [-0.39, 0.29) is 11.9 Å². The molecule has 166 valence electrons. The molecule has 2 saturated carbocycles. The van der Waals surface area contributed by atoms with Crippen molar-refractivity contribution in [1.29, 1.82) is 0 Å². The Kier molecular flexibility index (Phi) is 5.25. The summed E-state index contributed by atoms with van der Waals surface area (Å²) in [6, 6.07) is 11.5. The molecule has 3 aliphatic rings. The maximum absolute atomic E-state index is 12.8. The van der Waals surface area contributed by atoms with Crippen LogP contribution in [0.15, 0.2) is 42.1 Å². The molecule has 0 unspecified atom stereocenters. The van der Waals surface area contributed by atoms with Crippen LogP contribution in [0.5, 0.6) is 0 Å². The van der Waals surface area contributed by atoms with Crippen molar-refractivity contribution in [3.05, 3.63) is 63.8 Å². The lowest BCUT2D eigenvalue weighted by Gasteiger charge is -2.32. The van der Waals surface area contributed by atoms with Crippen LogP contribution in [0, 0.1) is 6.92 Å². The quantitative estimate of drug-likeness (QED) is 0.632. The Morgan fingerprint density at radius 3 is 2.44 bits per heavy atom. The molecule has 1 amide bonds.